The lowest BCUT2D eigenvalue weighted by Crippen LogP contribution is -2.37. The van der Waals surface area contributed by atoms with E-state index in [1.165, 1.54) is 36.4 Å². The van der Waals surface area contributed by atoms with Crippen LogP contribution < -0.4 is 14.7 Å². The van der Waals surface area contributed by atoms with Crippen LogP contribution in [0.1, 0.15) is 11.6 Å². The molecule has 5 rings (SSSR count). The highest BCUT2D eigenvalue weighted by molar-refractivity contribution is 6.23. The lowest BCUT2D eigenvalue weighted by Gasteiger charge is -2.29. The maximum absolute atomic E-state index is 13.5. The molecule has 0 radical (unpaired) electrons. The number of carbonyl (C=O) groups is 2. The molecular formula is C24H19FN2O5. The third kappa shape index (κ3) is 2.99. The molecule has 0 unspecified atom stereocenters. The zero-order valence-electron chi connectivity index (χ0n) is 17.0. The molecule has 0 bridgehead atoms. The average molecular weight is 434 g/mol. The van der Waals surface area contributed by atoms with Gasteiger partial charge in [0, 0.05) is 5.56 Å². The Bertz CT molecular complexity index is 1180. The maximum Gasteiger partial charge on any atom is 0.266 e. The summed E-state index contributed by atoms with van der Waals surface area (Å²) in [6.45, 7) is 0. The number of methoxy groups -OCH3 is 1. The number of aromatic hydroxyl groups is 1. The minimum Gasteiger partial charge on any atom is -0.504 e. The maximum atomic E-state index is 13.5. The predicted molar refractivity (Wildman–Crippen MR) is 114 cm³/mol. The number of carbonyl (C=O) groups excluding carboxylic acids is 2. The van der Waals surface area contributed by atoms with Gasteiger partial charge in [-0.15, -0.1) is 0 Å². The van der Waals surface area contributed by atoms with Gasteiger partial charge in [0.05, 0.1) is 18.5 Å². The average Bonchev–Trinajstić information content (AvgIpc) is 3.31. The molecule has 2 heterocycles. The molecule has 3 aromatic rings. The molecule has 1 N–H and O–H groups in total. The highest BCUT2D eigenvalue weighted by atomic mass is 19.1. The Morgan fingerprint density at radius 3 is 2.31 bits per heavy atom. The first-order valence-corrected chi connectivity index (χ1v) is 10.0. The SMILES string of the molecule is COc1cccc([C@@H]2[C@@H]3C(=O)N(c4ccc(F)cc4)C(=O)[C@H]3ON2c2ccccc2)c1O. The highest BCUT2D eigenvalue weighted by Crippen LogP contribution is 2.50. The lowest BCUT2D eigenvalue weighted by atomic mass is 9.90. The number of para-hydroxylation sites is 2. The van der Waals surface area contributed by atoms with E-state index in [2.05, 4.69) is 0 Å². The standard InChI is InChI=1S/C24H19FN2O5/c1-31-18-9-5-8-17(21(18)28)20-19-22(32-27(20)16-6-3-2-4-7-16)24(30)26(23(19)29)15-12-10-14(25)11-13-15/h2-13,19-20,22,28H,1H3/t19-,20+,22-/m0/s1. The molecule has 2 amide bonds. The van der Waals surface area contributed by atoms with Crippen LogP contribution in [0.15, 0.2) is 72.8 Å². The molecule has 2 aliphatic rings. The first-order chi connectivity index (χ1) is 15.5. The van der Waals surface area contributed by atoms with Gasteiger partial charge in [-0.25, -0.2) is 14.4 Å². The summed E-state index contributed by atoms with van der Waals surface area (Å²) in [6, 6.07) is 18.3. The van der Waals surface area contributed by atoms with Crippen LogP contribution in [0.4, 0.5) is 15.8 Å². The molecular weight excluding hydrogens is 415 g/mol. The van der Waals surface area contributed by atoms with Crippen molar-refractivity contribution >= 4 is 23.2 Å². The first-order valence-electron chi connectivity index (χ1n) is 10.0. The topological polar surface area (TPSA) is 79.3 Å². The van der Waals surface area contributed by atoms with E-state index in [9.17, 15) is 19.1 Å². The molecule has 0 spiro atoms. The number of anilines is 2. The highest BCUT2D eigenvalue weighted by Gasteiger charge is 2.60. The number of halogens is 1. The molecule has 0 saturated carbocycles. The summed E-state index contributed by atoms with van der Waals surface area (Å²) in [5.41, 5.74) is 1.28. The van der Waals surface area contributed by atoms with Gasteiger partial charge >= 0.3 is 0 Å². The van der Waals surface area contributed by atoms with Crippen molar-refractivity contribution in [2.45, 2.75) is 12.1 Å². The van der Waals surface area contributed by atoms with Gasteiger partial charge in [-0.1, -0.05) is 30.3 Å². The number of benzene rings is 3. The Morgan fingerprint density at radius 1 is 0.906 bits per heavy atom. The number of ether oxygens (including phenoxy) is 1. The van der Waals surface area contributed by atoms with Gasteiger partial charge in [0.25, 0.3) is 5.91 Å². The summed E-state index contributed by atoms with van der Waals surface area (Å²) in [5, 5.41) is 12.3. The number of hydrogen-bond donors (Lipinski definition) is 1. The van der Waals surface area contributed by atoms with Crippen LogP contribution in [0.2, 0.25) is 0 Å². The Kier molecular flexibility index (Phi) is 4.79. The van der Waals surface area contributed by atoms with E-state index in [4.69, 9.17) is 9.57 Å². The third-order valence-electron chi connectivity index (χ3n) is 5.78. The molecule has 0 aromatic heterocycles. The number of imide groups is 1. The van der Waals surface area contributed by atoms with Gasteiger partial charge in [0.15, 0.2) is 17.6 Å². The first kappa shape index (κ1) is 20.0. The second kappa shape index (κ2) is 7.65. The molecule has 8 heteroatoms. The summed E-state index contributed by atoms with van der Waals surface area (Å²) in [4.78, 5) is 33.8. The van der Waals surface area contributed by atoms with Crippen molar-refractivity contribution in [3.05, 3.63) is 84.2 Å². The van der Waals surface area contributed by atoms with E-state index in [0.717, 1.165) is 4.90 Å². The molecule has 2 saturated heterocycles. The van der Waals surface area contributed by atoms with Gasteiger partial charge in [-0.05, 0) is 42.5 Å². The van der Waals surface area contributed by atoms with Crippen LogP contribution in [0.5, 0.6) is 11.5 Å². The van der Waals surface area contributed by atoms with E-state index in [0.29, 0.717) is 11.3 Å². The van der Waals surface area contributed by atoms with E-state index >= 15 is 0 Å². The summed E-state index contributed by atoms with van der Waals surface area (Å²) < 4.78 is 18.6. The van der Waals surface area contributed by atoms with Crippen LogP contribution in [0.25, 0.3) is 0 Å². The second-order valence-electron chi connectivity index (χ2n) is 7.54. The zero-order valence-corrected chi connectivity index (χ0v) is 17.0. The smallest absolute Gasteiger partial charge is 0.266 e. The minimum absolute atomic E-state index is 0.134. The monoisotopic (exact) mass is 434 g/mol. The Morgan fingerprint density at radius 2 is 1.62 bits per heavy atom. The van der Waals surface area contributed by atoms with Crippen molar-refractivity contribution in [2.75, 3.05) is 17.1 Å². The molecule has 3 atom stereocenters. The van der Waals surface area contributed by atoms with Gasteiger partial charge in [-0.3, -0.25) is 14.4 Å². The fourth-order valence-electron chi connectivity index (χ4n) is 4.32. The quantitative estimate of drug-likeness (QED) is 0.633. The molecule has 2 aliphatic heterocycles. The fourth-order valence-corrected chi connectivity index (χ4v) is 4.32. The number of amides is 2. The number of phenols is 1. The number of phenolic OH excluding ortho intramolecular Hbond substituents is 1. The number of nitrogens with zero attached hydrogens (tertiary/aromatic N) is 2. The normalized spacial score (nSPS) is 22.4. The van der Waals surface area contributed by atoms with Crippen LogP contribution in [0.3, 0.4) is 0 Å². The molecule has 2 fully saturated rings. The van der Waals surface area contributed by atoms with Crippen LogP contribution >= 0.6 is 0 Å². The Labute approximate surface area is 183 Å². The van der Waals surface area contributed by atoms with E-state index < -0.39 is 35.7 Å². The summed E-state index contributed by atoms with van der Waals surface area (Å²) in [5.74, 6) is -2.32. The molecule has 3 aromatic carbocycles. The number of rotatable bonds is 4. The molecule has 0 aliphatic carbocycles. The van der Waals surface area contributed by atoms with E-state index in [-0.39, 0.29) is 17.2 Å². The Balaban J connectivity index is 1.62. The van der Waals surface area contributed by atoms with Crippen LogP contribution in [-0.2, 0) is 14.4 Å². The van der Waals surface area contributed by atoms with E-state index in [1.807, 2.05) is 18.2 Å². The Hall–Kier alpha value is -3.91. The third-order valence-corrected chi connectivity index (χ3v) is 5.78. The lowest BCUT2D eigenvalue weighted by molar-refractivity contribution is -0.126. The van der Waals surface area contributed by atoms with Crippen molar-refractivity contribution in [1.29, 1.82) is 0 Å². The van der Waals surface area contributed by atoms with Gasteiger partial charge < -0.3 is 9.84 Å². The van der Waals surface area contributed by atoms with Crippen molar-refractivity contribution in [3.63, 3.8) is 0 Å². The number of fused-ring (bicyclic) bond motifs is 1. The number of hydrogen-bond acceptors (Lipinski definition) is 6. The van der Waals surface area contributed by atoms with Gasteiger partial charge in [0.1, 0.15) is 17.8 Å². The molecule has 32 heavy (non-hydrogen) atoms. The van der Waals surface area contributed by atoms with Crippen molar-refractivity contribution in [3.8, 4) is 11.5 Å². The summed E-state index contributed by atoms with van der Waals surface area (Å²) in [7, 11) is 1.43. The summed E-state index contributed by atoms with van der Waals surface area (Å²) >= 11 is 0. The van der Waals surface area contributed by atoms with Crippen molar-refractivity contribution in [2.24, 2.45) is 5.92 Å². The number of hydroxylamine groups is 1. The minimum atomic E-state index is -1.09. The molecule has 162 valence electrons. The van der Waals surface area contributed by atoms with Gasteiger partial charge in [0.2, 0.25) is 5.91 Å². The predicted octanol–water partition coefficient (Wildman–Crippen LogP) is 3.59. The van der Waals surface area contributed by atoms with Crippen molar-refractivity contribution in [1.82, 2.24) is 0 Å². The zero-order chi connectivity index (χ0) is 22.4. The van der Waals surface area contributed by atoms with Crippen molar-refractivity contribution < 1.29 is 28.7 Å². The van der Waals surface area contributed by atoms with Crippen LogP contribution in [0, 0.1) is 11.7 Å². The van der Waals surface area contributed by atoms with E-state index in [1.54, 1.807) is 30.3 Å². The summed E-state index contributed by atoms with van der Waals surface area (Å²) in [6.07, 6.45) is -1.09. The molecule has 7 nitrogen and oxygen atoms in total. The van der Waals surface area contributed by atoms with Gasteiger partial charge in [-0.2, -0.15) is 0 Å². The van der Waals surface area contributed by atoms with Crippen LogP contribution in [-0.4, -0.2) is 30.1 Å². The second-order valence-corrected chi connectivity index (χ2v) is 7.54. The largest absolute Gasteiger partial charge is 0.504 e. The fraction of sp³-hybridized carbons (Fsp3) is 0.167.